The molecule has 0 aliphatic heterocycles. The SMILES string of the molecule is Cn1nncc1-c1cccc(N)c1. The van der Waals surface area contributed by atoms with Crippen LogP contribution in [0.1, 0.15) is 0 Å². The van der Waals surface area contributed by atoms with E-state index in [2.05, 4.69) is 10.3 Å². The molecule has 0 aliphatic carbocycles. The van der Waals surface area contributed by atoms with Gasteiger partial charge in [-0.25, -0.2) is 4.68 Å². The van der Waals surface area contributed by atoms with Crippen LogP contribution in [-0.4, -0.2) is 15.0 Å². The molecule has 1 heterocycles. The van der Waals surface area contributed by atoms with E-state index in [1.54, 1.807) is 10.9 Å². The Morgan fingerprint density at radius 3 is 2.85 bits per heavy atom. The predicted octanol–water partition coefficient (Wildman–Crippen LogP) is 1.06. The van der Waals surface area contributed by atoms with Gasteiger partial charge in [-0.2, -0.15) is 0 Å². The first-order valence-corrected chi connectivity index (χ1v) is 3.98. The summed E-state index contributed by atoms with van der Waals surface area (Å²) in [4.78, 5) is 0. The van der Waals surface area contributed by atoms with Crippen molar-refractivity contribution in [1.29, 1.82) is 0 Å². The summed E-state index contributed by atoms with van der Waals surface area (Å²) in [6.45, 7) is 0. The van der Waals surface area contributed by atoms with E-state index in [-0.39, 0.29) is 0 Å². The summed E-state index contributed by atoms with van der Waals surface area (Å²) in [6.07, 6.45) is 1.72. The standard InChI is InChI=1S/C9H10N4/c1-13-9(6-11-12-13)7-3-2-4-8(10)5-7/h2-6H,10H2,1H3. The van der Waals surface area contributed by atoms with Crippen LogP contribution < -0.4 is 5.73 Å². The highest BCUT2D eigenvalue weighted by atomic mass is 15.4. The lowest BCUT2D eigenvalue weighted by atomic mass is 10.1. The Bertz CT molecular complexity index is 419. The number of benzene rings is 1. The second kappa shape index (κ2) is 2.90. The van der Waals surface area contributed by atoms with E-state index in [0.717, 1.165) is 16.9 Å². The molecule has 66 valence electrons. The average molecular weight is 174 g/mol. The van der Waals surface area contributed by atoms with Crippen LogP contribution in [0.4, 0.5) is 5.69 Å². The Labute approximate surface area is 76.0 Å². The number of aryl methyl sites for hydroxylation is 1. The maximum absolute atomic E-state index is 5.66. The van der Waals surface area contributed by atoms with Gasteiger partial charge in [-0.1, -0.05) is 17.3 Å². The van der Waals surface area contributed by atoms with Crippen LogP contribution in [-0.2, 0) is 7.05 Å². The molecule has 1 aromatic heterocycles. The van der Waals surface area contributed by atoms with Crippen molar-refractivity contribution in [3.8, 4) is 11.3 Å². The Morgan fingerprint density at radius 1 is 1.38 bits per heavy atom. The van der Waals surface area contributed by atoms with Gasteiger partial charge in [-0.3, -0.25) is 0 Å². The highest BCUT2D eigenvalue weighted by molar-refractivity contribution is 5.63. The van der Waals surface area contributed by atoms with Crippen molar-refractivity contribution in [1.82, 2.24) is 15.0 Å². The van der Waals surface area contributed by atoms with E-state index in [1.165, 1.54) is 0 Å². The molecule has 0 fully saturated rings. The summed E-state index contributed by atoms with van der Waals surface area (Å²) < 4.78 is 1.72. The van der Waals surface area contributed by atoms with E-state index in [0.29, 0.717) is 0 Å². The first-order chi connectivity index (χ1) is 6.27. The highest BCUT2D eigenvalue weighted by Gasteiger charge is 2.02. The Morgan fingerprint density at radius 2 is 2.23 bits per heavy atom. The molecular weight excluding hydrogens is 164 g/mol. The van der Waals surface area contributed by atoms with Crippen LogP contribution in [0.5, 0.6) is 0 Å². The summed E-state index contributed by atoms with van der Waals surface area (Å²) in [5.74, 6) is 0. The molecule has 0 unspecified atom stereocenters. The predicted molar refractivity (Wildman–Crippen MR) is 50.9 cm³/mol. The maximum Gasteiger partial charge on any atom is 0.0882 e. The minimum atomic E-state index is 0.749. The van der Waals surface area contributed by atoms with Crippen molar-refractivity contribution in [2.24, 2.45) is 7.05 Å². The van der Waals surface area contributed by atoms with Gasteiger partial charge in [0, 0.05) is 18.3 Å². The molecule has 4 nitrogen and oxygen atoms in total. The quantitative estimate of drug-likeness (QED) is 0.658. The molecular formula is C9H10N4. The third-order valence-electron chi connectivity index (χ3n) is 1.90. The minimum absolute atomic E-state index is 0.749. The fraction of sp³-hybridized carbons (Fsp3) is 0.111. The van der Waals surface area contributed by atoms with Crippen molar-refractivity contribution in [2.45, 2.75) is 0 Å². The summed E-state index contributed by atoms with van der Waals surface area (Å²) in [5.41, 5.74) is 8.41. The summed E-state index contributed by atoms with van der Waals surface area (Å²) in [7, 11) is 1.85. The molecule has 1 aromatic carbocycles. The highest BCUT2D eigenvalue weighted by Crippen LogP contribution is 2.18. The van der Waals surface area contributed by atoms with Crippen LogP contribution in [0.25, 0.3) is 11.3 Å². The number of anilines is 1. The fourth-order valence-corrected chi connectivity index (χ4v) is 1.25. The van der Waals surface area contributed by atoms with Crippen LogP contribution in [0.15, 0.2) is 30.5 Å². The van der Waals surface area contributed by atoms with Gasteiger partial charge < -0.3 is 5.73 Å². The van der Waals surface area contributed by atoms with Crippen molar-refractivity contribution in [2.75, 3.05) is 5.73 Å². The monoisotopic (exact) mass is 174 g/mol. The van der Waals surface area contributed by atoms with Crippen LogP contribution in [0.2, 0.25) is 0 Å². The first kappa shape index (κ1) is 7.79. The van der Waals surface area contributed by atoms with Gasteiger partial charge in [0.1, 0.15) is 0 Å². The Balaban J connectivity index is 2.53. The Kier molecular flexibility index (Phi) is 1.73. The molecule has 0 bridgehead atoms. The molecule has 0 saturated carbocycles. The van der Waals surface area contributed by atoms with Gasteiger partial charge in [0.05, 0.1) is 11.9 Å². The van der Waals surface area contributed by atoms with Crippen molar-refractivity contribution in [3.63, 3.8) is 0 Å². The van der Waals surface area contributed by atoms with Crippen LogP contribution in [0, 0.1) is 0 Å². The zero-order valence-corrected chi connectivity index (χ0v) is 7.31. The van der Waals surface area contributed by atoms with E-state index in [1.807, 2.05) is 31.3 Å². The van der Waals surface area contributed by atoms with Gasteiger partial charge in [0.15, 0.2) is 0 Å². The first-order valence-electron chi connectivity index (χ1n) is 3.98. The van der Waals surface area contributed by atoms with E-state index < -0.39 is 0 Å². The molecule has 0 amide bonds. The summed E-state index contributed by atoms with van der Waals surface area (Å²) >= 11 is 0. The number of rotatable bonds is 1. The molecule has 0 spiro atoms. The molecule has 2 N–H and O–H groups in total. The molecule has 2 rings (SSSR count). The number of nitrogens with two attached hydrogens (primary N) is 1. The second-order valence-corrected chi connectivity index (χ2v) is 2.87. The minimum Gasteiger partial charge on any atom is -0.399 e. The third kappa shape index (κ3) is 1.38. The van der Waals surface area contributed by atoms with Gasteiger partial charge in [-0.05, 0) is 12.1 Å². The topological polar surface area (TPSA) is 56.7 Å². The molecule has 0 aliphatic rings. The molecule has 0 saturated heterocycles. The zero-order chi connectivity index (χ0) is 9.26. The Hall–Kier alpha value is -1.84. The zero-order valence-electron chi connectivity index (χ0n) is 7.31. The van der Waals surface area contributed by atoms with Gasteiger partial charge in [-0.15, -0.1) is 5.10 Å². The van der Waals surface area contributed by atoms with E-state index in [9.17, 15) is 0 Å². The smallest absolute Gasteiger partial charge is 0.0882 e. The lowest BCUT2D eigenvalue weighted by molar-refractivity contribution is 0.720. The summed E-state index contributed by atoms with van der Waals surface area (Å²) in [5, 5.41) is 7.65. The lowest BCUT2D eigenvalue weighted by Crippen LogP contribution is -1.94. The van der Waals surface area contributed by atoms with Gasteiger partial charge in [0.25, 0.3) is 0 Å². The normalized spacial score (nSPS) is 10.2. The van der Waals surface area contributed by atoms with Crippen LogP contribution >= 0.6 is 0 Å². The van der Waals surface area contributed by atoms with Crippen molar-refractivity contribution >= 4 is 5.69 Å². The molecule has 13 heavy (non-hydrogen) atoms. The lowest BCUT2D eigenvalue weighted by Gasteiger charge is -2.00. The molecule has 0 atom stereocenters. The fourth-order valence-electron chi connectivity index (χ4n) is 1.25. The number of nitrogens with zero attached hydrogens (tertiary/aromatic N) is 3. The van der Waals surface area contributed by atoms with E-state index in [4.69, 9.17) is 5.73 Å². The molecule has 2 aromatic rings. The number of hydrogen-bond donors (Lipinski definition) is 1. The average Bonchev–Trinajstić information content (AvgIpc) is 2.51. The van der Waals surface area contributed by atoms with Crippen molar-refractivity contribution < 1.29 is 0 Å². The van der Waals surface area contributed by atoms with Gasteiger partial charge in [0.2, 0.25) is 0 Å². The van der Waals surface area contributed by atoms with Crippen molar-refractivity contribution in [3.05, 3.63) is 30.5 Å². The largest absolute Gasteiger partial charge is 0.399 e. The van der Waals surface area contributed by atoms with Gasteiger partial charge >= 0.3 is 0 Å². The van der Waals surface area contributed by atoms with E-state index >= 15 is 0 Å². The third-order valence-corrected chi connectivity index (χ3v) is 1.90. The second-order valence-electron chi connectivity index (χ2n) is 2.87. The number of hydrogen-bond acceptors (Lipinski definition) is 3. The molecule has 4 heteroatoms. The summed E-state index contributed by atoms with van der Waals surface area (Å²) in [6, 6.07) is 7.65. The molecule has 0 radical (unpaired) electrons. The number of aromatic nitrogens is 3. The number of nitrogen functional groups attached to an aromatic ring is 1. The van der Waals surface area contributed by atoms with Crippen LogP contribution in [0.3, 0.4) is 0 Å². The maximum atomic E-state index is 5.66.